The van der Waals surface area contributed by atoms with Crippen LogP contribution in [0.25, 0.3) is 0 Å². The van der Waals surface area contributed by atoms with E-state index >= 15 is 0 Å². The molecule has 2 aromatic rings. The van der Waals surface area contributed by atoms with Gasteiger partial charge in [-0.25, -0.2) is 0 Å². The standard InChI is InChI=1S/C17H21NO4/c1-11-10-15(12(2)22-11)16(19)8-9-18-17(20)13-4-6-14(21-3)7-5-13/h4-7,10,16,19H,8-9H2,1-3H3,(H,18,20). The number of aryl methyl sites for hydroxylation is 2. The number of ether oxygens (including phenoxy) is 1. The Bertz CT molecular complexity index is 631. The van der Waals surface area contributed by atoms with Crippen LogP contribution >= 0.6 is 0 Å². The number of aliphatic hydroxyl groups excluding tert-OH is 1. The average Bonchev–Trinajstić information content (AvgIpc) is 2.86. The minimum atomic E-state index is -0.645. The number of furan rings is 1. The van der Waals surface area contributed by atoms with Gasteiger partial charge < -0.3 is 19.6 Å². The number of hydrogen-bond acceptors (Lipinski definition) is 4. The van der Waals surface area contributed by atoms with Gasteiger partial charge in [0.15, 0.2) is 0 Å². The molecule has 0 spiro atoms. The molecule has 0 radical (unpaired) electrons. The van der Waals surface area contributed by atoms with Crippen molar-refractivity contribution in [2.24, 2.45) is 0 Å². The summed E-state index contributed by atoms with van der Waals surface area (Å²) in [6.45, 7) is 4.05. The lowest BCUT2D eigenvalue weighted by Gasteiger charge is -2.11. The molecule has 0 bridgehead atoms. The minimum Gasteiger partial charge on any atom is -0.497 e. The molecule has 0 fully saturated rings. The van der Waals surface area contributed by atoms with Crippen LogP contribution in [0, 0.1) is 13.8 Å². The van der Waals surface area contributed by atoms with Crippen molar-refractivity contribution in [2.45, 2.75) is 26.4 Å². The molecule has 22 heavy (non-hydrogen) atoms. The third kappa shape index (κ3) is 3.89. The maximum Gasteiger partial charge on any atom is 0.251 e. The zero-order valence-corrected chi connectivity index (χ0v) is 13.1. The summed E-state index contributed by atoms with van der Waals surface area (Å²) in [5.41, 5.74) is 1.34. The van der Waals surface area contributed by atoms with Gasteiger partial charge in [0.2, 0.25) is 0 Å². The van der Waals surface area contributed by atoms with E-state index in [0.29, 0.717) is 30.0 Å². The van der Waals surface area contributed by atoms with E-state index < -0.39 is 6.10 Å². The van der Waals surface area contributed by atoms with Gasteiger partial charge in [-0.05, 0) is 50.6 Å². The molecule has 2 N–H and O–H groups in total. The Morgan fingerprint density at radius 2 is 2.00 bits per heavy atom. The fourth-order valence-corrected chi connectivity index (χ4v) is 2.30. The third-order valence-electron chi connectivity index (χ3n) is 3.49. The molecule has 2 rings (SSSR count). The molecule has 0 aliphatic heterocycles. The van der Waals surface area contributed by atoms with Crippen LogP contribution in [0.3, 0.4) is 0 Å². The first kappa shape index (κ1) is 16.1. The lowest BCUT2D eigenvalue weighted by molar-refractivity contribution is 0.0942. The monoisotopic (exact) mass is 303 g/mol. The number of carbonyl (C=O) groups excluding carboxylic acids is 1. The summed E-state index contributed by atoms with van der Waals surface area (Å²) in [5.74, 6) is 2.02. The molecule has 1 atom stereocenters. The summed E-state index contributed by atoms with van der Waals surface area (Å²) < 4.78 is 10.4. The molecule has 5 heteroatoms. The highest BCUT2D eigenvalue weighted by Crippen LogP contribution is 2.23. The number of rotatable bonds is 6. The SMILES string of the molecule is COc1ccc(C(=O)NCCC(O)c2cc(C)oc2C)cc1. The molecule has 1 aromatic carbocycles. The van der Waals surface area contributed by atoms with Crippen LogP contribution in [0.5, 0.6) is 5.75 Å². The van der Waals surface area contributed by atoms with Crippen molar-refractivity contribution in [3.63, 3.8) is 0 Å². The number of amides is 1. The molecule has 1 unspecified atom stereocenters. The average molecular weight is 303 g/mol. The van der Waals surface area contributed by atoms with Crippen molar-refractivity contribution in [1.82, 2.24) is 5.32 Å². The Kier molecular flexibility index (Phi) is 5.22. The van der Waals surface area contributed by atoms with Gasteiger partial charge in [-0.3, -0.25) is 4.79 Å². The second-order valence-corrected chi connectivity index (χ2v) is 5.16. The van der Waals surface area contributed by atoms with E-state index in [1.165, 1.54) is 0 Å². The van der Waals surface area contributed by atoms with E-state index in [0.717, 1.165) is 11.3 Å². The van der Waals surface area contributed by atoms with E-state index in [4.69, 9.17) is 9.15 Å². The van der Waals surface area contributed by atoms with Gasteiger partial charge >= 0.3 is 0 Å². The first-order chi connectivity index (χ1) is 10.5. The predicted molar refractivity (Wildman–Crippen MR) is 83.1 cm³/mol. The van der Waals surface area contributed by atoms with Crippen molar-refractivity contribution >= 4 is 5.91 Å². The highest BCUT2D eigenvalue weighted by molar-refractivity contribution is 5.94. The third-order valence-corrected chi connectivity index (χ3v) is 3.49. The fraction of sp³-hybridized carbons (Fsp3) is 0.353. The van der Waals surface area contributed by atoms with E-state index in [-0.39, 0.29) is 5.91 Å². The van der Waals surface area contributed by atoms with Crippen LogP contribution < -0.4 is 10.1 Å². The number of methoxy groups -OCH3 is 1. The molecule has 0 aliphatic carbocycles. The summed E-state index contributed by atoms with van der Waals surface area (Å²) >= 11 is 0. The fourth-order valence-electron chi connectivity index (χ4n) is 2.30. The van der Waals surface area contributed by atoms with Gasteiger partial charge in [-0.1, -0.05) is 0 Å². The Morgan fingerprint density at radius 1 is 1.32 bits per heavy atom. The maximum atomic E-state index is 12.0. The lowest BCUT2D eigenvalue weighted by Crippen LogP contribution is -2.25. The number of benzene rings is 1. The molecule has 0 saturated carbocycles. The normalized spacial score (nSPS) is 12.0. The smallest absolute Gasteiger partial charge is 0.251 e. The zero-order valence-electron chi connectivity index (χ0n) is 13.1. The highest BCUT2D eigenvalue weighted by Gasteiger charge is 2.14. The minimum absolute atomic E-state index is 0.171. The van der Waals surface area contributed by atoms with Gasteiger partial charge in [-0.2, -0.15) is 0 Å². The van der Waals surface area contributed by atoms with Crippen molar-refractivity contribution in [2.75, 3.05) is 13.7 Å². The zero-order chi connectivity index (χ0) is 16.1. The summed E-state index contributed by atoms with van der Waals surface area (Å²) in [5, 5.41) is 12.9. The molecule has 5 nitrogen and oxygen atoms in total. The van der Waals surface area contributed by atoms with E-state index in [1.807, 2.05) is 19.9 Å². The largest absolute Gasteiger partial charge is 0.497 e. The van der Waals surface area contributed by atoms with Crippen LogP contribution in [-0.2, 0) is 0 Å². The number of aliphatic hydroxyl groups is 1. The number of carbonyl (C=O) groups is 1. The summed E-state index contributed by atoms with van der Waals surface area (Å²) in [6, 6.07) is 8.70. The molecule has 1 amide bonds. The first-order valence-electron chi connectivity index (χ1n) is 7.18. The van der Waals surface area contributed by atoms with E-state index in [9.17, 15) is 9.90 Å². The Labute approximate surface area is 129 Å². The topological polar surface area (TPSA) is 71.7 Å². The van der Waals surface area contributed by atoms with Crippen molar-refractivity contribution in [1.29, 1.82) is 0 Å². The lowest BCUT2D eigenvalue weighted by atomic mass is 10.1. The van der Waals surface area contributed by atoms with Gasteiger partial charge in [0.1, 0.15) is 17.3 Å². The molecule has 0 aliphatic rings. The highest BCUT2D eigenvalue weighted by atomic mass is 16.5. The van der Waals surface area contributed by atoms with Crippen LogP contribution in [0.15, 0.2) is 34.7 Å². The second-order valence-electron chi connectivity index (χ2n) is 5.16. The second kappa shape index (κ2) is 7.13. The van der Waals surface area contributed by atoms with E-state index in [2.05, 4.69) is 5.32 Å². The van der Waals surface area contributed by atoms with Crippen LogP contribution in [0.2, 0.25) is 0 Å². The van der Waals surface area contributed by atoms with Gasteiger partial charge in [0.05, 0.1) is 13.2 Å². The Balaban J connectivity index is 1.84. The molecule has 118 valence electrons. The molecular formula is C17H21NO4. The number of nitrogens with one attached hydrogen (secondary N) is 1. The summed E-state index contributed by atoms with van der Waals surface area (Å²) in [6.07, 6.45) is -0.213. The van der Waals surface area contributed by atoms with Gasteiger partial charge in [0, 0.05) is 17.7 Å². The van der Waals surface area contributed by atoms with Crippen molar-refractivity contribution in [3.8, 4) is 5.75 Å². The van der Waals surface area contributed by atoms with Crippen LogP contribution in [0.1, 0.15) is 40.0 Å². The Morgan fingerprint density at radius 3 is 2.55 bits per heavy atom. The summed E-state index contributed by atoms with van der Waals surface area (Å²) in [4.78, 5) is 12.0. The first-order valence-corrected chi connectivity index (χ1v) is 7.18. The maximum absolute atomic E-state index is 12.0. The molecular weight excluding hydrogens is 282 g/mol. The van der Waals surface area contributed by atoms with Crippen molar-refractivity contribution < 1.29 is 19.1 Å². The molecule has 1 heterocycles. The Hall–Kier alpha value is -2.27. The summed E-state index contributed by atoms with van der Waals surface area (Å²) in [7, 11) is 1.58. The van der Waals surface area contributed by atoms with Crippen LogP contribution in [0.4, 0.5) is 0 Å². The predicted octanol–water partition coefficient (Wildman–Crippen LogP) is 2.76. The van der Waals surface area contributed by atoms with E-state index in [1.54, 1.807) is 31.4 Å². The van der Waals surface area contributed by atoms with Gasteiger partial charge in [0.25, 0.3) is 5.91 Å². The van der Waals surface area contributed by atoms with Gasteiger partial charge in [-0.15, -0.1) is 0 Å². The molecule has 0 saturated heterocycles. The molecule has 1 aromatic heterocycles. The van der Waals surface area contributed by atoms with Crippen molar-refractivity contribution in [3.05, 3.63) is 53.0 Å². The van der Waals surface area contributed by atoms with Crippen LogP contribution in [-0.4, -0.2) is 24.7 Å². The number of hydrogen-bond donors (Lipinski definition) is 2. The quantitative estimate of drug-likeness (QED) is 0.860.